The van der Waals surface area contributed by atoms with Crippen LogP contribution in [0.3, 0.4) is 0 Å². The summed E-state index contributed by atoms with van der Waals surface area (Å²) >= 11 is 0. The lowest BCUT2D eigenvalue weighted by Crippen LogP contribution is -2.48. The van der Waals surface area contributed by atoms with Gasteiger partial charge in [-0.15, -0.1) is 0 Å². The maximum absolute atomic E-state index is 3.29. The Morgan fingerprint density at radius 2 is 1.65 bits per heavy atom. The van der Waals surface area contributed by atoms with Crippen molar-refractivity contribution >= 4 is 0 Å². The fourth-order valence-corrected chi connectivity index (χ4v) is 3.94. The van der Waals surface area contributed by atoms with Crippen LogP contribution < -0.4 is 5.32 Å². The molecule has 0 saturated carbocycles. The van der Waals surface area contributed by atoms with Gasteiger partial charge in [-0.3, -0.25) is 0 Å². The second kappa shape index (κ2) is 8.35. The van der Waals surface area contributed by atoms with Crippen LogP contribution in [0.15, 0.2) is 0 Å². The minimum Gasteiger partial charge on any atom is -0.320 e. The third-order valence-electron chi connectivity index (χ3n) is 5.15. The van der Waals surface area contributed by atoms with Crippen molar-refractivity contribution in [3.8, 4) is 0 Å². The lowest BCUT2D eigenvalue weighted by molar-refractivity contribution is 0.0726. The maximum atomic E-state index is 3.29. The molecular weight excluding hydrogens is 246 g/mol. The van der Waals surface area contributed by atoms with Crippen LogP contribution in [0.4, 0.5) is 0 Å². The molecular formula is C17H35N3. The molecule has 20 heavy (non-hydrogen) atoms. The van der Waals surface area contributed by atoms with Crippen molar-refractivity contribution in [3.63, 3.8) is 0 Å². The summed E-state index contributed by atoms with van der Waals surface area (Å²) in [7, 11) is 2.07. The molecule has 0 bridgehead atoms. The van der Waals surface area contributed by atoms with Crippen molar-refractivity contribution < 1.29 is 0 Å². The van der Waals surface area contributed by atoms with E-state index in [1.807, 2.05) is 0 Å². The number of hydrogen-bond donors (Lipinski definition) is 1. The van der Waals surface area contributed by atoms with Crippen LogP contribution in [-0.2, 0) is 0 Å². The fourth-order valence-electron chi connectivity index (χ4n) is 3.94. The Balaban J connectivity index is 1.65. The molecule has 0 unspecified atom stereocenters. The number of piperidine rings is 2. The summed E-state index contributed by atoms with van der Waals surface area (Å²) in [6.45, 7) is 12.5. The molecule has 1 N–H and O–H groups in total. The average Bonchev–Trinajstić information content (AvgIpc) is 2.46. The zero-order valence-corrected chi connectivity index (χ0v) is 13.9. The quantitative estimate of drug-likeness (QED) is 0.807. The van der Waals surface area contributed by atoms with Crippen LogP contribution >= 0.6 is 0 Å². The van der Waals surface area contributed by atoms with Gasteiger partial charge in [-0.2, -0.15) is 0 Å². The van der Waals surface area contributed by atoms with E-state index in [-0.39, 0.29) is 0 Å². The number of likely N-dealkylation sites (tertiary alicyclic amines) is 2. The van der Waals surface area contributed by atoms with Crippen LogP contribution in [0.25, 0.3) is 0 Å². The smallest absolute Gasteiger partial charge is 0.0120 e. The lowest BCUT2D eigenvalue weighted by Gasteiger charge is -2.42. The minimum absolute atomic E-state index is 0.814. The van der Waals surface area contributed by atoms with Crippen LogP contribution in [0.2, 0.25) is 0 Å². The molecule has 118 valence electrons. The van der Waals surface area contributed by atoms with Crippen molar-refractivity contribution in [1.29, 1.82) is 0 Å². The van der Waals surface area contributed by atoms with E-state index in [2.05, 4.69) is 36.0 Å². The van der Waals surface area contributed by atoms with Gasteiger partial charge in [0.15, 0.2) is 0 Å². The number of rotatable bonds is 6. The third kappa shape index (κ3) is 5.01. The van der Waals surface area contributed by atoms with Gasteiger partial charge < -0.3 is 15.1 Å². The maximum Gasteiger partial charge on any atom is 0.0120 e. The summed E-state index contributed by atoms with van der Waals surface area (Å²) in [4.78, 5) is 5.46. The van der Waals surface area contributed by atoms with Gasteiger partial charge >= 0.3 is 0 Å². The van der Waals surface area contributed by atoms with Gasteiger partial charge in [-0.25, -0.2) is 0 Å². The highest BCUT2D eigenvalue weighted by molar-refractivity contribution is 4.83. The number of hydrogen-bond acceptors (Lipinski definition) is 3. The monoisotopic (exact) mass is 281 g/mol. The highest BCUT2D eigenvalue weighted by Crippen LogP contribution is 2.25. The van der Waals surface area contributed by atoms with Crippen LogP contribution in [-0.4, -0.2) is 62.2 Å². The van der Waals surface area contributed by atoms with E-state index in [1.54, 1.807) is 0 Å². The van der Waals surface area contributed by atoms with Gasteiger partial charge in [0.1, 0.15) is 0 Å². The second-order valence-electron chi connectivity index (χ2n) is 7.30. The van der Waals surface area contributed by atoms with Gasteiger partial charge in [0.25, 0.3) is 0 Å². The Labute approximate surface area is 126 Å². The Bertz CT molecular complexity index is 251. The van der Waals surface area contributed by atoms with Crippen molar-refractivity contribution in [2.24, 2.45) is 11.8 Å². The molecule has 0 aromatic rings. The molecule has 0 aromatic heterocycles. The number of nitrogens with zero attached hydrogens (tertiary/aromatic N) is 2. The van der Waals surface area contributed by atoms with Gasteiger partial charge in [-0.1, -0.05) is 13.8 Å². The molecule has 2 aliphatic rings. The van der Waals surface area contributed by atoms with E-state index in [0.717, 1.165) is 17.9 Å². The van der Waals surface area contributed by atoms with Crippen molar-refractivity contribution in [2.45, 2.75) is 52.0 Å². The molecule has 0 aliphatic carbocycles. The molecule has 0 radical (unpaired) electrons. The molecule has 0 amide bonds. The summed E-state index contributed by atoms with van der Waals surface area (Å²) in [5.41, 5.74) is 0. The van der Waals surface area contributed by atoms with E-state index < -0.39 is 0 Å². The van der Waals surface area contributed by atoms with Gasteiger partial charge in [0.05, 0.1) is 0 Å². The van der Waals surface area contributed by atoms with Gasteiger partial charge in [-0.05, 0) is 83.7 Å². The second-order valence-corrected chi connectivity index (χ2v) is 7.30. The first-order valence-corrected chi connectivity index (χ1v) is 8.80. The van der Waals surface area contributed by atoms with E-state index in [1.165, 1.54) is 71.4 Å². The summed E-state index contributed by atoms with van der Waals surface area (Å²) in [5, 5.41) is 3.29. The van der Waals surface area contributed by atoms with E-state index in [0.29, 0.717) is 0 Å². The topological polar surface area (TPSA) is 18.5 Å². The molecule has 0 spiro atoms. The molecule has 3 nitrogen and oxygen atoms in total. The highest BCUT2D eigenvalue weighted by Gasteiger charge is 2.27. The van der Waals surface area contributed by atoms with Crippen molar-refractivity contribution in [2.75, 3.05) is 46.3 Å². The minimum atomic E-state index is 0.814. The average molecular weight is 281 g/mol. The van der Waals surface area contributed by atoms with E-state index in [4.69, 9.17) is 0 Å². The van der Waals surface area contributed by atoms with E-state index in [9.17, 15) is 0 Å². The Morgan fingerprint density at radius 1 is 1.00 bits per heavy atom. The van der Waals surface area contributed by atoms with Crippen molar-refractivity contribution in [3.05, 3.63) is 0 Å². The molecule has 2 fully saturated rings. The Hall–Kier alpha value is -0.120. The SMILES string of the molecule is CNCCC1CCN(C2CCN(CC(C)C)CC2)CC1. The van der Waals surface area contributed by atoms with Gasteiger partial charge in [0, 0.05) is 12.6 Å². The molecule has 2 heterocycles. The first-order valence-electron chi connectivity index (χ1n) is 8.80. The summed E-state index contributed by atoms with van der Waals surface area (Å²) < 4.78 is 0. The summed E-state index contributed by atoms with van der Waals surface area (Å²) in [6, 6.07) is 0.878. The van der Waals surface area contributed by atoms with E-state index >= 15 is 0 Å². The van der Waals surface area contributed by atoms with Gasteiger partial charge in [0.2, 0.25) is 0 Å². The predicted molar refractivity (Wildman–Crippen MR) is 87.1 cm³/mol. The Morgan fingerprint density at radius 3 is 2.20 bits per heavy atom. The molecule has 0 aromatic carbocycles. The van der Waals surface area contributed by atoms with Crippen molar-refractivity contribution in [1.82, 2.24) is 15.1 Å². The van der Waals surface area contributed by atoms with Crippen LogP contribution in [0.1, 0.15) is 46.0 Å². The zero-order valence-electron chi connectivity index (χ0n) is 13.9. The summed E-state index contributed by atoms with van der Waals surface area (Å²) in [6.07, 6.45) is 7.01. The fraction of sp³-hybridized carbons (Fsp3) is 1.00. The first-order chi connectivity index (χ1) is 9.69. The van der Waals surface area contributed by atoms with Crippen LogP contribution in [0.5, 0.6) is 0 Å². The largest absolute Gasteiger partial charge is 0.320 e. The highest BCUT2D eigenvalue weighted by atomic mass is 15.2. The predicted octanol–water partition coefficient (Wildman–Crippen LogP) is 2.43. The molecule has 2 rings (SSSR count). The summed E-state index contributed by atoms with van der Waals surface area (Å²) in [5.74, 6) is 1.79. The zero-order chi connectivity index (χ0) is 14.4. The molecule has 0 atom stereocenters. The Kier molecular flexibility index (Phi) is 6.79. The molecule has 2 saturated heterocycles. The third-order valence-corrected chi connectivity index (χ3v) is 5.15. The molecule has 3 heteroatoms. The standard InChI is InChI=1S/C17H35N3/c1-15(2)14-19-10-7-17(8-11-19)20-12-5-16(6-13-20)4-9-18-3/h15-18H,4-14H2,1-3H3. The van der Waals surface area contributed by atoms with Crippen LogP contribution in [0, 0.1) is 11.8 Å². The number of nitrogens with one attached hydrogen (secondary N) is 1. The lowest BCUT2D eigenvalue weighted by atomic mass is 9.91. The first kappa shape index (κ1) is 16.3. The normalized spacial score (nSPS) is 24.6. The molecule has 2 aliphatic heterocycles.